The number of hydrogen-bond donors (Lipinski definition) is 1. The number of rotatable bonds is 4. The van der Waals surface area contributed by atoms with Crippen molar-refractivity contribution in [3.05, 3.63) is 23.2 Å². The summed E-state index contributed by atoms with van der Waals surface area (Å²) in [5.74, 6) is -4.06. The van der Waals surface area contributed by atoms with Crippen LogP contribution >= 0.6 is 0 Å². The summed E-state index contributed by atoms with van der Waals surface area (Å²) < 4.78 is 11.3. The van der Waals surface area contributed by atoms with Crippen molar-refractivity contribution in [1.82, 2.24) is 0 Å². The fourth-order valence-electron chi connectivity index (χ4n) is 7.23. The molecule has 3 unspecified atom stereocenters. The number of cyclic esters (lactones) is 1. The minimum atomic E-state index is -1.01. The van der Waals surface area contributed by atoms with E-state index in [1.54, 1.807) is 6.92 Å². The van der Waals surface area contributed by atoms with Crippen LogP contribution in [0.25, 0.3) is 0 Å². The summed E-state index contributed by atoms with van der Waals surface area (Å²) in [6, 6.07) is 0. The second-order valence-corrected chi connectivity index (χ2v) is 9.77. The van der Waals surface area contributed by atoms with E-state index < -0.39 is 46.4 Å². The van der Waals surface area contributed by atoms with Crippen LogP contribution in [0.5, 0.6) is 0 Å². The van der Waals surface area contributed by atoms with Gasteiger partial charge < -0.3 is 14.3 Å². The first kappa shape index (κ1) is 20.3. The molecule has 4 aliphatic rings. The number of ether oxygens (including phenoxy) is 1. The SMILES string of the molecule is C[C@]12c3c(coc3C(=O)C3C1[C@H](C(=O)C=O)C[C@]1(C)C(=O)CCC31)C(=O)O[C@@H]2CCO. The van der Waals surface area contributed by atoms with Crippen molar-refractivity contribution >= 4 is 29.6 Å². The number of Topliss-reactive ketones (excluding diaryl/α,β-unsaturated/α-hetero) is 3. The monoisotopic (exact) mass is 428 g/mol. The second-order valence-electron chi connectivity index (χ2n) is 9.77. The van der Waals surface area contributed by atoms with Crippen molar-refractivity contribution in [2.45, 2.75) is 51.0 Å². The third-order valence-corrected chi connectivity index (χ3v) is 8.60. The van der Waals surface area contributed by atoms with Crippen molar-refractivity contribution in [2.75, 3.05) is 6.61 Å². The number of aldehydes is 1. The largest absolute Gasteiger partial charge is 0.460 e. The Morgan fingerprint density at radius 1 is 1.29 bits per heavy atom. The highest BCUT2D eigenvalue weighted by Gasteiger charge is 2.69. The summed E-state index contributed by atoms with van der Waals surface area (Å²) in [6.45, 7) is 3.36. The van der Waals surface area contributed by atoms with E-state index in [9.17, 15) is 29.1 Å². The van der Waals surface area contributed by atoms with E-state index in [1.165, 1.54) is 6.26 Å². The summed E-state index contributed by atoms with van der Waals surface area (Å²) >= 11 is 0. The summed E-state index contributed by atoms with van der Waals surface area (Å²) in [7, 11) is 0. The molecule has 8 heteroatoms. The first-order valence-corrected chi connectivity index (χ1v) is 10.7. The number of aliphatic hydroxyl groups is 1. The van der Waals surface area contributed by atoms with Crippen molar-refractivity contribution in [3.63, 3.8) is 0 Å². The molecule has 2 heterocycles. The first-order valence-electron chi connectivity index (χ1n) is 10.7. The van der Waals surface area contributed by atoms with Crippen LogP contribution in [0.2, 0.25) is 0 Å². The van der Waals surface area contributed by atoms with Gasteiger partial charge in [0.15, 0.2) is 17.8 Å². The lowest BCUT2D eigenvalue weighted by atomic mass is 9.44. The van der Waals surface area contributed by atoms with E-state index in [-0.39, 0.29) is 54.5 Å². The van der Waals surface area contributed by atoms with Gasteiger partial charge in [-0.25, -0.2) is 4.79 Å². The van der Waals surface area contributed by atoms with Gasteiger partial charge in [0, 0.05) is 47.7 Å². The van der Waals surface area contributed by atoms with Gasteiger partial charge in [0.1, 0.15) is 23.7 Å². The molecule has 0 amide bonds. The van der Waals surface area contributed by atoms with E-state index in [1.807, 2.05) is 6.92 Å². The maximum atomic E-state index is 13.7. The van der Waals surface area contributed by atoms with Crippen molar-refractivity contribution in [1.29, 1.82) is 0 Å². The van der Waals surface area contributed by atoms with Gasteiger partial charge in [-0.15, -0.1) is 0 Å². The van der Waals surface area contributed by atoms with Gasteiger partial charge in [-0.05, 0) is 24.7 Å². The average molecular weight is 428 g/mol. The Hall–Kier alpha value is -2.61. The zero-order valence-corrected chi connectivity index (χ0v) is 17.4. The minimum Gasteiger partial charge on any atom is -0.460 e. The Labute approximate surface area is 178 Å². The highest BCUT2D eigenvalue weighted by atomic mass is 16.5. The van der Waals surface area contributed by atoms with Crippen LogP contribution in [0.1, 0.15) is 66.0 Å². The van der Waals surface area contributed by atoms with Gasteiger partial charge in [-0.3, -0.25) is 19.2 Å². The molecule has 0 saturated heterocycles. The molecule has 1 aliphatic heterocycles. The molecular weight excluding hydrogens is 404 g/mol. The van der Waals surface area contributed by atoms with Crippen LogP contribution in [0.4, 0.5) is 0 Å². The maximum Gasteiger partial charge on any atom is 0.342 e. The van der Waals surface area contributed by atoms with Crippen LogP contribution in [-0.4, -0.2) is 47.4 Å². The average Bonchev–Trinajstić information content (AvgIpc) is 3.32. The summed E-state index contributed by atoms with van der Waals surface area (Å²) in [5, 5.41) is 9.66. The molecule has 0 radical (unpaired) electrons. The maximum absolute atomic E-state index is 13.7. The van der Waals surface area contributed by atoms with Gasteiger partial charge in [0.25, 0.3) is 0 Å². The first-order chi connectivity index (χ1) is 14.7. The Bertz CT molecular complexity index is 1040. The van der Waals surface area contributed by atoms with Crippen molar-refractivity contribution in [2.24, 2.45) is 29.1 Å². The molecule has 7 atom stereocenters. The molecule has 3 aliphatic carbocycles. The number of carbonyl (C=O) groups is 5. The lowest BCUT2D eigenvalue weighted by molar-refractivity contribution is -0.147. The molecule has 8 nitrogen and oxygen atoms in total. The van der Waals surface area contributed by atoms with E-state index in [0.717, 1.165) is 0 Å². The smallest absolute Gasteiger partial charge is 0.342 e. The molecule has 164 valence electrons. The predicted molar refractivity (Wildman–Crippen MR) is 103 cm³/mol. The molecule has 0 aromatic carbocycles. The Morgan fingerprint density at radius 3 is 2.71 bits per heavy atom. The molecule has 0 bridgehead atoms. The van der Waals surface area contributed by atoms with Crippen LogP contribution in [0.15, 0.2) is 10.7 Å². The zero-order valence-electron chi connectivity index (χ0n) is 17.4. The molecule has 0 spiro atoms. The van der Waals surface area contributed by atoms with Crippen LogP contribution in [0, 0.1) is 29.1 Å². The van der Waals surface area contributed by atoms with Gasteiger partial charge >= 0.3 is 5.97 Å². The number of esters is 1. The number of aliphatic hydroxyl groups excluding tert-OH is 1. The van der Waals surface area contributed by atoms with E-state index in [4.69, 9.17) is 9.15 Å². The van der Waals surface area contributed by atoms with Gasteiger partial charge in [-0.1, -0.05) is 13.8 Å². The molecule has 31 heavy (non-hydrogen) atoms. The minimum absolute atomic E-state index is 0.00510. The Balaban J connectivity index is 1.79. The Morgan fingerprint density at radius 2 is 2.03 bits per heavy atom. The number of fused-ring (bicyclic) bond motifs is 4. The second kappa shape index (κ2) is 6.45. The van der Waals surface area contributed by atoms with E-state index >= 15 is 0 Å². The van der Waals surface area contributed by atoms with Crippen LogP contribution < -0.4 is 0 Å². The molecule has 2 fully saturated rings. The molecule has 1 N–H and O–H groups in total. The number of furan rings is 1. The third kappa shape index (κ3) is 2.31. The highest BCUT2D eigenvalue weighted by molar-refractivity contribution is 6.26. The predicted octanol–water partition coefficient (Wildman–Crippen LogP) is 1.66. The Kier molecular flexibility index (Phi) is 4.22. The highest BCUT2D eigenvalue weighted by Crippen LogP contribution is 2.65. The number of ketones is 3. The van der Waals surface area contributed by atoms with Gasteiger partial charge in [-0.2, -0.15) is 0 Å². The van der Waals surface area contributed by atoms with Crippen LogP contribution in [-0.2, 0) is 24.5 Å². The summed E-state index contributed by atoms with van der Waals surface area (Å²) in [5.41, 5.74) is -1.33. The van der Waals surface area contributed by atoms with E-state index in [0.29, 0.717) is 18.4 Å². The normalized spacial score (nSPS) is 40.6. The van der Waals surface area contributed by atoms with Crippen molar-refractivity contribution < 1.29 is 38.2 Å². The molecule has 1 aromatic rings. The van der Waals surface area contributed by atoms with Crippen LogP contribution in [0.3, 0.4) is 0 Å². The number of hydrogen-bond acceptors (Lipinski definition) is 8. The van der Waals surface area contributed by atoms with Gasteiger partial charge in [0.2, 0.25) is 5.78 Å². The van der Waals surface area contributed by atoms with Gasteiger partial charge in [0.05, 0.1) is 0 Å². The molecular formula is C23H24O8. The summed E-state index contributed by atoms with van der Waals surface area (Å²) in [6.07, 6.45) is 1.83. The quantitative estimate of drug-likeness (QED) is 0.436. The molecule has 5 rings (SSSR count). The van der Waals surface area contributed by atoms with Crippen molar-refractivity contribution in [3.8, 4) is 0 Å². The fourth-order valence-corrected chi connectivity index (χ4v) is 7.23. The standard InChI is InChI=1S/C23H24O8/c1-22-7-10(13(26)8-25)17-16(12(22)3-4-14(22)27)19(28)20-18-11(9-30-20)21(29)31-15(5-6-24)23(17,18)2/h8-10,12,15-17,24H,3-7H2,1-2H3/t10-,12?,15+,16?,17?,22-,23+/m0/s1. The molecule has 1 aromatic heterocycles. The topological polar surface area (TPSA) is 128 Å². The van der Waals surface area contributed by atoms with E-state index in [2.05, 4.69) is 0 Å². The third-order valence-electron chi connectivity index (χ3n) is 8.60. The zero-order chi connectivity index (χ0) is 22.3. The fraction of sp³-hybridized carbons (Fsp3) is 0.609. The lowest BCUT2D eigenvalue weighted by Crippen LogP contribution is -2.64. The lowest BCUT2D eigenvalue weighted by Gasteiger charge is -2.58. The summed E-state index contributed by atoms with van der Waals surface area (Å²) in [4.78, 5) is 63.6. The number of carbonyl (C=O) groups excluding carboxylic acids is 5. The molecule has 2 saturated carbocycles.